The molecule has 2 unspecified atom stereocenters. The summed E-state index contributed by atoms with van der Waals surface area (Å²) in [6, 6.07) is 4.25. The van der Waals surface area contributed by atoms with Crippen LogP contribution in [0.25, 0.3) is 0 Å². The molecule has 0 radical (unpaired) electrons. The second-order valence-electron chi connectivity index (χ2n) is 5.40. The molecule has 0 spiro atoms. The molecule has 1 aromatic carbocycles. The maximum atomic E-state index is 10.5. The molecule has 0 bridgehead atoms. The first-order chi connectivity index (χ1) is 7.88. The van der Waals surface area contributed by atoms with Crippen LogP contribution in [0.4, 0.5) is 0 Å². The number of rotatable bonds is 4. The lowest BCUT2D eigenvalue weighted by Gasteiger charge is -2.28. The average Bonchev–Trinajstić information content (AvgIpc) is 2.15. The van der Waals surface area contributed by atoms with Gasteiger partial charge in [-0.05, 0) is 49.9 Å². The summed E-state index contributed by atoms with van der Waals surface area (Å²) in [5.41, 5.74) is 10.4. The van der Waals surface area contributed by atoms with Crippen molar-refractivity contribution in [1.29, 1.82) is 0 Å². The molecule has 0 saturated heterocycles. The van der Waals surface area contributed by atoms with E-state index in [0.717, 1.165) is 16.7 Å². The van der Waals surface area contributed by atoms with Crippen molar-refractivity contribution in [2.45, 2.75) is 40.7 Å². The van der Waals surface area contributed by atoms with Gasteiger partial charge in [-0.1, -0.05) is 31.5 Å². The SMILES string of the molecule is Cc1cc(C)c(C(O)C(CN)C(C)C)c(C)c1. The van der Waals surface area contributed by atoms with Crippen molar-refractivity contribution in [3.05, 3.63) is 34.4 Å². The van der Waals surface area contributed by atoms with Gasteiger partial charge in [-0.2, -0.15) is 0 Å². The van der Waals surface area contributed by atoms with Crippen LogP contribution in [0.1, 0.15) is 42.2 Å². The molecular formula is C15H25NO. The van der Waals surface area contributed by atoms with Crippen LogP contribution in [0.3, 0.4) is 0 Å². The van der Waals surface area contributed by atoms with Crippen molar-refractivity contribution in [2.75, 3.05) is 6.54 Å². The Bertz CT molecular complexity index is 362. The van der Waals surface area contributed by atoms with Gasteiger partial charge in [0.15, 0.2) is 0 Å². The molecule has 0 amide bonds. The summed E-state index contributed by atoms with van der Waals surface area (Å²) in [5.74, 6) is 0.505. The van der Waals surface area contributed by atoms with Gasteiger partial charge in [0.25, 0.3) is 0 Å². The summed E-state index contributed by atoms with van der Waals surface area (Å²) in [6.45, 7) is 10.9. The highest BCUT2D eigenvalue weighted by Gasteiger charge is 2.25. The molecule has 0 aromatic heterocycles. The number of hydrogen-bond donors (Lipinski definition) is 2. The fourth-order valence-electron chi connectivity index (χ4n) is 2.64. The van der Waals surface area contributed by atoms with Gasteiger partial charge in [0.1, 0.15) is 0 Å². The number of hydrogen-bond acceptors (Lipinski definition) is 2. The molecule has 0 heterocycles. The second kappa shape index (κ2) is 5.65. The standard InChI is InChI=1S/C15H25NO/c1-9(2)13(8-16)15(17)14-11(4)6-10(3)7-12(14)5/h6-7,9,13,15,17H,8,16H2,1-5H3. The Kier molecular flexibility index (Phi) is 4.72. The normalized spacial score (nSPS) is 15.1. The molecule has 0 aliphatic rings. The minimum atomic E-state index is -0.458. The summed E-state index contributed by atoms with van der Waals surface area (Å²) in [7, 11) is 0. The first-order valence-corrected chi connectivity index (χ1v) is 6.34. The average molecular weight is 235 g/mol. The number of benzene rings is 1. The number of aryl methyl sites for hydroxylation is 3. The molecule has 2 nitrogen and oxygen atoms in total. The zero-order valence-electron chi connectivity index (χ0n) is 11.6. The first kappa shape index (κ1) is 14.2. The van der Waals surface area contributed by atoms with Crippen molar-refractivity contribution in [3.63, 3.8) is 0 Å². The molecule has 0 aliphatic carbocycles. The number of aliphatic hydroxyl groups is 1. The molecule has 17 heavy (non-hydrogen) atoms. The van der Waals surface area contributed by atoms with Crippen molar-refractivity contribution in [2.24, 2.45) is 17.6 Å². The molecule has 2 heteroatoms. The van der Waals surface area contributed by atoms with Crippen molar-refractivity contribution < 1.29 is 5.11 Å². The number of aliphatic hydroxyl groups excluding tert-OH is 1. The van der Waals surface area contributed by atoms with Crippen molar-refractivity contribution in [1.82, 2.24) is 0 Å². The van der Waals surface area contributed by atoms with Crippen molar-refractivity contribution >= 4 is 0 Å². The van der Waals surface area contributed by atoms with Crippen LogP contribution in [0, 0.1) is 32.6 Å². The lowest BCUT2D eigenvalue weighted by Crippen LogP contribution is -2.27. The van der Waals surface area contributed by atoms with Crippen LogP contribution in [-0.4, -0.2) is 11.7 Å². The zero-order valence-corrected chi connectivity index (χ0v) is 11.6. The topological polar surface area (TPSA) is 46.2 Å². The monoisotopic (exact) mass is 235 g/mol. The van der Waals surface area contributed by atoms with Crippen LogP contribution in [0.5, 0.6) is 0 Å². The minimum absolute atomic E-state index is 0.120. The Morgan fingerprint density at radius 2 is 1.59 bits per heavy atom. The highest BCUT2D eigenvalue weighted by Crippen LogP contribution is 2.32. The van der Waals surface area contributed by atoms with E-state index in [4.69, 9.17) is 5.73 Å². The van der Waals surface area contributed by atoms with E-state index >= 15 is 0 Å². The van der Waals surface area contributed by atoms with Gasteiger partial charge in [0.2, 0.25) is 0 Å². The fourth-order valence-corrected chi connectivity index (χ4v) is 2.64. The van der Waals surface area contributed by atoms with Gasteiger partial charge in [-0.3, -0.25) is 0 Å². The molecule has 2 atom stereocenters. The van der Waals surface area contributed by atoms with Gasteiger partial charge in [0.05, 0.1) is 6.10 Å². The largest absolute Gasteiger partial charge is 0.388 e. The quantitative estimate of drug-likeness (QED) is 0.843. The molecule has 0 fully saturated rings. The Balaban J connectivity index is 3.15. The van der Waals surface area contributed by atoms with E-state index in [2.05, 4.69) is 46.8 Å². The highest BCUT2D eigenvalue weighted by molar-refractivity contribution is 5.39. The third-order valence-corrected chi connectivity index (χ3v) is 3.57. The molecule has 96 valence electrons. The summed E-state index contributed by atoms with van der Waals surface area (Å²) in [4.78, 5) is 0. The summed E-state index contributed by atoms with van der Waals surface area (Å²) >= 11 is 0. The molecule has 3 N–H and O–H groups in total. The summed E-state index contributed by atoms with van der Waals surface area (Å²) < 4.78 is 0. The van der Waals surface area contributed by atoms with Gasteiger partial charge in [-0.15, -0.1) is 0 Å². The molecule has 0 saturated carbocycles. The van der Waals surface area contributed by atoms with E-state index in [0.29, 0.717) is 12.5 Å². The summed E-state index contributed by atoms with van der Waals surface area (Å²) in [5, 5.41) is 10.5. The lowest BCUT2D eigenvalue weighted by molar-refractivity contribution is 0.0850. The third-order valence-electron chi connectivity index (χ3n) is 3.57. The van der Waals surface area contributed by atoms with Gasteiger partial charge < -0.3 is 10.8 Å². The lowest BCUT2D eigenvalue weighted by atomic mass is 9.83. The zero-order chi connectivity index (χ0) is 13.2. The Hall–Kier alpha value is -0.860. The maximum absolute atomic E-state index is 10.5. The van der Waals surface area contributed by atoms with Crippen LogP contribution in [-0.2, 0) is 0 Å². The second-order valence-corrected chi connectivity index (χ2v) is 5.40. The highest BCUT2D eigenvalue weighted by atomic mass is 16.3. The van der Waals surface area contributed by atoms with E-state index in [1.165, 1.54) is 5.56 Å². The Morgan fingerprint density at radius 3 is 1.94 bits per heavy atom. The maximum Gasteiger partial charge on any atom is 0.0837 e. The van der Waals surface area contributed by atoms with Crippen LogP contribution in [0.15, 0.2) is 12.1 Å². The molecule has 0 aliphatic heterocycles. The van der Waals surface area contributed by atoms with Gasteiger partial charge in [-0.25, -0.2) is 0 Å². The van der Waals surface area contributed by atoms with E-state index in [-0.39, 0.29) is 5.92 Å². The predicted molar refractivity (Wildman–Crippen MR) is 73.0 cm³/mol. The van der Waals surface area contributed by atoms with Crippen LogP contribution < -0.4 is 5.73 Å². The fraction of sp³-hybridized carbons (Fsp3) is 0.600. The van der Waals surface area contributed by atoms with E-state index in [1.54, 1.807) is 0 Å². The Labute approximate surface area is 105 Å². The molecule has 1 rings (SSSR count). The molecular weight excluding hydrogens is 210 g/mol. The van der Waals surface area contributed by atoms with E-state index < -0.39 is 6.10 Å². The van der Waals surface area contributed by atoms with Crippen LogP contribution in [0.2, 0.25) is 0 Å². The first-order valence-electron chi connectivity index (χ1n) is 6.34. The third kappa shape index (κ3) is 3.08. The predicted octanol–water partition coefficient (Wildman–Crippen LogP) is 2.88. The minimum Gasteiger partial charge on any atom is -0.388 e. The van der Waals surface area contributed by atoms with Crippen LogP contribution >= 0.6 is 0 Å². The molecule has 1 aromatic rings. The van der Waals surface area contributed by atoms with Gasteiger partial charge >= 0.3 is 0 Å². The smallest absolute Gasteiger partial charge is 0.0837 e. The van der Waals surface area contributed by atoms with E-state index in [1.807, 2.05) is 0 Å². The number of nitrogens with two attached hydrogens (primary N) is 1. The van der Waals surface area contributed by atoms with E-state index in [9.17, 15) is 5.11 Å². The summed E-state index contributed by atoms with van der Waals surface area (Å²) in [6.07, 6.45) is -0.458. The van der Waals surface area contributed by atoms with Crippen molar-refractivity contribution in [3.8, 4) is 0 Å². The van der Waals surface area contributed by atoms with Gasteiger partial charge in [0, 0.05) is 5.92 Å². The Morgan fingerprint density at radius 1 is 1.12 bits per heavy atom.